The zero-order valence-electron chi connectivity index (χ0n) is 10.6. The molecule has 0 aliphatic carbocycles. The van der Waals surface area contributed by atoms with Crippen molar-refractivity contribution in [3.8, 4) is 0 Å². The number of hydrogen-bond donors (Lipinski definition) is 1. The predicted molar refractivity (Wildman–Crippen MR) is 82.0 cm³/mol. The summed E-state index contributed by atoms with van der Waals surface area (Å²) in [6.07, 6.45) is 5.31. The molecule has 0 fully saturated rings. The fraction of sp³-hybridized carbons (Fsp3) is 0.429. The first kappa shape index (κ1) is 16.6. The predicted octanol–water partition coefficient (Wildman–Crippen LogP) is 4.22. The van der Waals surface area contributed by atoms with Crippen molar-refractivity contribution < 1.29 is 0 Å². The van der Waals surface area contributed by atoms with E-state index in [9.17, 15) is 0 Å². The lowest BCUT2D eigenvalue weighted by Crippen LogP contribution is -1.91. The van der Waals surface area contributed by atoms with E-state index >= 15 is 0 Å². The van der Waals surface area contributed by atoms with Gasteiger partial charge in [-0.15, -0.1) is 24.2 Å². The van der Waals surface area contributed by atoms with Crippen LogP contribution in [0.1, 0.15) is 25.8 Å². The third-order valence-electron chi connectivity index (χ3n) is 2.29. The highest BCUT2D eigenvalue weighted by Crippen LogP contribution is 2.21. The van der Waals surface area contributed by atoms with Gasteiger partial charge >= 0.3 is 0 Å². The van der Waals surface area contributed by atoms with Crippen molar-refractivity contribution in [2.75, 3.05) is 12.3 Å². The smallest absolute Gasteiger partial charge is 0.0110 e. The van der Waals surface area contributed by atoms with Crippen LogP contribution in [0.4, 0.5) is 0 Å². The van der Waals surface area contributed by atoms with E-state index in [-0.39, 0.29) is 12.4 Å². The van der Waals surface area contributed by atoms with Crippen LogP contribution in [0, 0.1) is 5.92 Å². The lowest BCUT2D eigenvalue weighted by molar-refractivity contribution is 0.632. The molecule has 3 heteroatoms. The Hall–Kier alpha value is -0.440. The average Bonchev–Trinajstić information content (AvgIpc) is 2.27. The first-order valence-electron chi connectivity index (χ1n) is 5.82. The maximum Gasteiger partial charge on any atom is 0.0110 e. The third-order valence-corrected chi connectivity index (χ3v) is 3.34. The van der Waals surface area contributed by atoms with Crippen LogP contribution in [0.3, 0.4) is 0 Å². The minimum atomic E-state index is 0. The van der Waals surface area contributed by atoms with Crippen LogP contribution >= 0.6 is 24.2 Å². The van der Waals surface area contributed by atoms with Gasteiger partial charge in [0.05, 0.1) is 0 Å². The maximum absolute atomic E-state index is 5.41. The normalized spacial score (nSPS) is 10.8. The summed E-state index contributed by atoms with van der Waals surface area (Å²) in [7, 11) is 0. The summed E-state index contributed by atoms with van der Waals surface area (Å²) in [5, 5.41) is 0. The molecule has 0 heterocycles. The van der Waals surface area contributed by atoms with Gasteiger partial charge in [-0.05, 0) is 35.8 Å². The maximum atomic E-state index is 5.41. The number of halogens is 1. The van der Waals surface area contributed by atoms with Crippen LogP contribution in [0.2, 0.25) is 0 Å². The van der Waals surface area contributed by atoms with Crippen LogP contribution in [-0.4, -0.2) is 12.3 Å². The second-order valence-corrected chi connectivity index (χ2v) is 5.41. The quantitative estimate of drug-likeness (QED) is 0.784. The van der Waals surface area contributed by atoms with E-state index in [4.69, 9.17) is 5.73 Å². The number of benzene rings is 1. The largest absolute Gasteiger partial charge is 0.327 e. The summed E-state index contributed by atoms with van der Waals surface area (Å²) in [6, 6.07) is 8.65. The van der Waals surface area contributed by atoms with Crippen molar-refractivity contribution in [2.24, 2.45) is 11.7 Å². The summed E-state index contributed by atoms with van der Waals surface area (Å²) in [4.78, 5) is 1.35. The molecule has 0 aliphatic heterocycles. The van der Waals surface area contributed by atoms with E-state index in [2.05, 4.69) is 44.2 Å². The first-order valence-corrected chi connectivity index (χ1v) is 6.80. The second-order valence-electron chi connectivity index (χ2n) is 4.24. The zero-order chi connectivity index (χ0) is 11.8. The van der Waals surface area contributed by atoms with Gasteiger partial charge in [0.15, 0.2) is 0 Å². The van der Waals surface area contributed by atoms with Crippen molar-refractivity contribution >= 4 is 30.2 Å². The molecule has 1 nitrogen and oxygen atoms in total. The minimum Gasteiger partial charge on any atom is -0.327 e. The van der Waals surface area contributed by atoms with Gasteiger partial charge in [-0.3, -0.25) is 0 Å². The Balaban J connectivity index is 0.00000256. The molecular weight excluding hydrogens is 250 g/mol. The molecule has 1 rings (SSSR count). The van der Waals surface area contributed by atoms with Gasteiger partial charge in [0.1, 0.15) is 0 Å². The Morgan fingerprint density at radius 2 is 1.88 bits per heavy atom. The Labute approximate surface area is 115 Å². The van der Waals surface area contributed by atoms with Crippen LogP contribution in [0.25, 0.3) is 6.08 Å². The summed E-state index contributed by atoms with van der Waals surface area (Å²) in [5.41, 5.74) is 6.63. The third kappa shape index (κ3) is 7.48. The summed E-state index contributed by atoms with van der Waals surface area (Å²) >= 11 is 1.93. The number of nitrogens with two attached hydrogens (primary N) is 1. The van der Waals surface area contributed by atoms with Gasteiger partial charge in [-0.25, -0.2) is 0 Å². The van der Waals surface area contributed by atoms with Gasteiger partial charge < -0.3 is 5.73 Å². The number of rotatable bonds is 6. The van der Waals surface area contributed by atoms with Gasteiger partial charge in [0, 0.05) is 11.4 Å². The highest BCUT2D eigenvalue weighted by atomic mass is 35.5. The SMILES string of the molecule is CC(C)CCSc1ccc(C=CCN)cc1.Cl. The Morgan fingerprint density at radius 1 is 1.24 bits per heavy atom. The van der Waals surface area contributed by atoms with E-state index in [0.29, 0.717) is 6.54 Å². The molecule has 17 heavy (non-hydrogen) atoms. The molecule has 0 atom stereocenters. The molecule has 1 aromatic rings. The van der Waals surface area contributed by atoms with Gasteiger partial charge in [-0.1, -0.05) is 38.1 Å². The number of thioether (sulfide) groups is 1. The number of hydrogen-bond acceptors (Lipinski definition) is 2. The molecule has 0 spiro atoms. The zero-order valence-corrected chi connectivity index (χ0v) is 12.2. The Kier molecular flexibility index (Phi) is 9.33. The average molecular weight is 272 g/mol. The van der Waals surface area contributed by atoms with Crippen molar-refractivity contribution in [3.05, 3.63) is 35.9 Å². The van der Waals surface area contributed by atoms with E-state index in [1.165, 1.54) is 22.6 Å². The Morgan fingerprint density at radius 3 is 2.41 bits per heavy atom. The van der Waals surface area contributed by atoms with Crippen LogP contribution < -0.4 is 5.73 Å². The van der Waals surface area contributed by atoms with E-state index in [1.807, 2.05) is 17.8 Å². The first-order chi connectivity index (χ1) is 7.72. The molecular formula is C14H22ClNS. The molecule has 0 aliphatic rings. The van der Waals surface area contributed by atoms with Crippen molar-refractivity contribution in [1.29, 1.82) is 0 Å². The van der Waals surface area contributed by atoms with Crippen molar-refractivity contribution in [1.82, 2.24) is 0 Å². The highest BCUT2D eigenvalue weighted by molar-refractivity contribution is 7.99. The van der Waals surface area contributed by atoms with E-state index in [1.54, 1.807) is 0 Å². The van der Waals surface area contributed by atoms with E-state index < -0.39 is 0 Å². The molecule has 0 saturated heterocycles. The molecule has 0 unspecified atom stereocenters. The molecule has 0 saturated carbocycles. The second kappa shape index (κ2) is 9.58. The van der Waals surface area contributed by atoms with Crippen molar-refractivity contribution in [2.45, 2.75) is 25.2 Å². The highest BCUT2D eigenvalue weighted by Gasteiger charge is 1.96. The fourth-order valence-electron chi connectivity index (χ4n) is 1.29. The molecule has 2 N–H and O–H groups in total. The lowest BCUT2D eigenvalue weighted by Gasteiger charge is -2.04. The van der Waals surface area contributed by atoms with Gasteiger partial charge in [-0.2, -0.15) is 0 Å². The van der Waals surface area contributed by atoms with Crippen molar-refractivity contribution in [3.63, 3.8) is 0 Å². The monoisotopic (exact) mass is 271 g/mol. The molecule has 0 radical (unpaired) electrons. The standard InChI is InChI=1S/C14H21NS.ClH/c1-12(2)9-11-16-14-7-5-13(6-8-14)4-3-10-15;/h3-8,12H,9-11,15H2,1-2H3;1H. The van der Waals surface area contributed by atoms with Gasteiger partial charge in [0.25, 0.3) is 0 Å². The fourth-order valence-corrected chi connectivity index (χ4v) is 2.45. The molecule has 1 aromatic carbocycles. The summed E-state index contributed by atoms with van der Waals surface area (Å²) in [6.45, 7) is 5.13. The Bertz CT molecular complexity index is 319. The molecule has 0 aromatic heterocycles. The van der Waals surface area contributed by atoms with Crippen LogP contribution in [-0.2, 0) is 0 Å². The van der Waals surface area contributed by atoms with Crippen LogP contribution in [0.15, 0.2) is 35.2 Å². The van der Waals surface area contributed by atoms with E-state index in [0.717, 1.165) is 5.92 Å². The summed E-state index contributed by atoms with van der Waals surface area (Å²) < 4.78 is 0. The molecule has 0 amide bonds. The lowest BCUT2D eigenvalue weighted by atomic mass is 10.2. The summed E-state index contributed by atoms with van der Waals surface area (Å²) in [5.74, 6) is 2.00. The van der Waals surface area contributed by atoms with Crippen LogP contribution in [0.5, 0.6) is 0 Å². The minimum absolute atomic E-state index is 0. The topological polar surface area (TPSA) is 26.0 Å². The molecule has 0 bridgehead atoms. The molecule has 96 valence electrons. The van der Waals surface area contributed by atoms with Gasteiger partial charge in [0.2, 0.25) is 0 Å².